The van der Waals surface area contributed by atoms with Crippen LogP contribution >= 0.6 is 11.6 Å². The van der Waals surface area contributed by atoms with Crippen molar-refractivity contribution in [1.82, 2.24) is 5.32 Å². The van der Waals surface area contributed by atoms with Crippen molar-refractivity contribution in [3.8, 4) is 5.75 Å². The van der Waals surface area contributed by atoms with Crippen LogP contribution in [0.15, 0.2) is 18.2 Å². The van der Waals surface area contributed by atoms with Crippen molar-refractivity contribution in [3.05, 3.63) is 28.8 Å². The van der Waals surface area contributed by atoms with Crippen LogP contribution in [0.3, 0.4) is 0 Å². The van der Waals surface area contributed by atoms with Crippen molar-refractivity contribution >= 4 is 11.6 Å². The van der Waals surface area contributed by atoms with Crippen LogP contribution in [0.1, 0.15) is 43.7 Å². The molecule has 98 valence electrons. The molecule has 1 aromatic rings. The van der Waals surface area contributed by atoms with Gasteiger partial charge in [-0.15, -0.1) is 0 Å². The highest BCUT2D eigenvalue weighted by atomic mass is 35.5. The molecule has 2 nitrogen and oxygen atoms in total. The molecule has 1 saturated carbocycles. The number of benzene rings is 1. The fraction of sp³-hybridized carbons (Fsp3) is 0.600. The molecular formula is C15H20ClNO. The zero-order valence-electron chi connectivity index (χ0n) is 10.6. The first-order valence-corrected chi connectivity index (χ1v) is 7.36. The molecule has 1 atom stereocenters. The summed E-state index contributed by atoms with van der Waals surface area (Å²) in [7, 11) is 0. The van der Waals surface area contributed by atoms with Crippen molar-refractivity contribution in [2.45, 2.75) is 38.1 Å². The fourth-order valence-corrected chi connectivity index (χ4v) is 2.71. The Labute approximate surface area is 114 Å². The Balaban J connectivity index is 1.77. The largest absolute Gasteiger partial charge is 0.493 e. The lowest BCUT2D eigenvalue weighted by molar-refractivity contribution is 0.289. The summed E-state index contributed by atoms with van der Waals surface area (Å²) in [5.74, 6) is 1.80. The molecule has 3 heteroatoms. The van der Waals surface area contributed by atoms with Crippen LogP contribution in [-0.2, 0) is 0 Å². The molecule has 0 radical (unpaired) electrons. The van der Waals surface area contributed by atoms with Crippen LogP contribution in [0, 0.1) is 5.92 Å². The predicted molar refractivity (Wildman–Crippen MR) is 74.3 cm³/mol. The van der Waals surface area contributed by atoms with E-state index in [0.717, 1.165) is 29.8 Å². The van der Waals surface area contributed by atoms with E-state index < -0.39 is 0 Å². The first-order valence-electron chi connectivity index (χ1n) is 6.98. The average Bonchev–Trinajstić information content (AvgIpc) is 3.22. The third kappa shape index (κ3) is 2.99. The predicted octanol–water partition coefficient (Wildman–Crippen LogP) is 3.94. The number of hydrogen-bond acceptors (Lipinski definition) is 2. The van der Waals surface area contributed by atoms with Crippen LogP contribution < -0.4 is 10.1 Å². The standard InChI is InChI=1S/C15H20ClNO/c16-12-6-7-15(18-10-11-4-5-11)13(9-12)14-3-1-2-8-17-14/h6-7,9,11,14,17H,1-5,8,10H2. The van der Waals surface area contributed by atoms with Crippen molar-refractivity contribution in [3.63, 3.8) is 0 Å². The summed E-state index contributed by atoms with van der Waals surface area (Å²) in [4.78, 5) is 0. The van der Waals surface area contributed by atoms with E-state index in [0.29, 0.717) is 6.04 Å². The summed E-state index contributed by atoms with van der Waals surface area (Å²) < 4.78 is 5.97. The molecule has 3 rings (SSSR count). The molecule has 0 spiro atoms. The second-order valence-electron chi connectivity index (χ2n) is 5.44. The van der Waals surface area contributed by atoms with Crippen LogP contribution in [0.2, 0.25) is 5.02 Å². The minimum absolute atomic E-state index is 0.409. The Kier molecular flexibility index (Phi) is 3.76. The smallest absolute Gasteiger partial charge is 0.124 e. The van der Waals surface area contributed by atoms with Crippen molar-refractivity contribution in [1.29, 1.82) is 0 Å². The molecule has 2 aliphatic rings. The van der Waals surface area contributed by atoms with Gasteiger partial charge in [-0.3, -0.25) is 0 Å². The van der Waals surface area contributed by atoms with Gasteiger partial charge in [-0.25, -0.2) is 0 Å². The van der Waals surface area contributed by atoms with Gasteiger partial charge in [-0.1, -0.05) is 18.0 Å². The molecule has 1 N–H and O–H groups in total. The maximum absolute atomic E-state index is 6.13. The molecule has 18 heavy (non-hydrogen) atoms. The summed E-state index contributed by atoms with van der Waals surface area (Å²) >= 11 is 6.13. The highest BCUT2D eigenvalue weighted by Crippen LogP contribution is 2.35. The van der Waals surface area contributed by atoms with E-state index in [-0.39, 0.29) is 0 Å². The molecule has 2 fully saturated rings. The van der Waals surface area contributed by atoms with Crippen LogP contribution in [0.5, 0.6) is 5.75 Å². The molecule has 0 bridgehead atoms. The van der Waals surface area contributed by atoms with E-state index in [9.17, 15) is 0 Å². The van der Waals surface area contributed by atoms with Gasteiger partial charge >= 0.3 is 0 Å². The second kappa shape index (κ2) is 5.50. The van der Waals surface area contributed by atoms with Crippen molar-refractivity contribution in [2.24, 2.45) is 5.92 Å². The Morgan fingerprint density at radius 1 is 1.22 bits per heavy atom. The Bertz CT molecular complexity index is 411. The summed E-state index contributed by atoms with van der Waals surface area (Å²) in [5.41, 5.74) is 1.24. The Morgan fingerprint density at radius 2 is 2.11 bits per heavy atom. The van der Waals surface area contributed by atoms with Gasteiger partial charge in [-0.05, 0) is 56.3 Å². The number of hydrogen-bond donors (Lipinski definition) is 1. The molecule has 0 aromatic heterocycles. The van der Waals surface area contributed by atoms with Gasteiger partial charge in [0.1, 0.15) is 5.75 Å². The van der Waals surface area contributed by atoms with E-state index >= 15 is 0 Å². The van der Waals surface area contributed by atoms with E-state index in [4.69, 9.17) is 16.3 Å². The highest BCUT2D eigenvalue weighted by molar-refractivity contribution is 6.30. The Hall–Kier alpha value is -0.730. The normalized spacial score (nSPS) is 23.9. The lowest BCUT2D eigenvalue weighted by Crippen LogP contribution is -2.27. The van der Waals surface area contributed by atoms with Gasteiger partial charge < -0.3 is 10.1 Å². The summed E-state index contributed by atoms with van der Waals surface area (Å²) in [6.45, 7) is 1.96. The third-order valence-corrected chi connectivity index (χ3v) is 4.06. The number of nitrogens with one attached hydrogen (secondary N) is 1. The van der Waals surface area contributed by atoms with Gasteiger partial charge in [0.15, 0.2) is 0 Å². The van der Waals surface area contributed by atoms with E-state index in [2.05, 4.69) is 11.4 Å². The van der Waals surface area contributed by atoms with Crippen LogP contribution in [0.25, 0.3) is 0 Å². The minimum Gasteiger partial charge on any atom is -0.493 e. The number of rotatable bonds is 4. The van der Waals surface area contributed by atoms with Gasteiger partial charge in [0.25, 0.3) is 0 Å². The quantitative estimate of drug-likeness (QED) is 0.890. The van der Waals surface area contributed by atoms with Gasteiger partial charge in [-0.2, -0.15) is 0 Å². The molecular weight excluding hydrogens is 246 g/mol. The van der Waals surface area contributed by atoms with Gasteiger partial charge in [0.05, 0.1) is 6.61 Å². The fourth-order valence-electron chi connectivity index (χ4n) is 2.53. The van der Waals surface area contributed by atoms with Gasteiger partial charge in [0, 0.05) is 16.6 Å². The van der Waals surface area contributed by atoms with E-state index in [1.54, 1.807) is 0 Å². The van der Waals surface area contributed by atoms with E-state index in [1.165, 1.54) is 37.7 Å². The zero-order chi connectivity index (χ0) is 12.4. The molecule has 1 aromatic carbocycles. The SMILES string of the molecule is Clc1ccc(OCC2CC2)c(C2CCCCN2)c1. The number of ether oxygens (including phenoxy) is 1. The first kappa shape index (κ1) is 12.3. The lowest BCUT2D eigenvalue weighted by Gasteiger charge is -2.26. The number of halogens is 1. The molecule has 1 saturated heterocycles. The molecule has 1 heterocycles. The molecule has 1 aliphatic heterocycles. The first-order chi connectivity index (χ1) is 8.83. The second-order valence-corrected chi connectivity index (χ2v) is 5.88. The highest BCUT2D eigenvalue weighted by Gasteiger charge is 2.24. The topological polar surface area (TPSA) is 21.3 Å². The van der Waals surface area contributed by atoms with Crippen LogP contribution in [-0.4, -0.2) is 13.2 Å². The summed E-state index contributed by atoms with van der Waals surface area (Å²) in [6.07, 6.45) is 6.39. The molecule has 1 aliphatic carbocycles. The average molecular weight is 266 g/mol. The summed E-state index contributed by atoms with van der Waals surface area (Å²) in [5, 5.41) is 4.37. The maximum Gasteiger partial charge on any atom is 0.124 e. The van der Waals surface area contributed by atoms with Crippen LogP contribution in [0.4, 0.5) is 0 Å². The zero-order valence-corrected chi connectivity index (χ0v) is 11.4. The molecule has 0 amide bonds. The molecule has 1 unspecified atom stereocenters. The van der Waals surface area contributed by atoms with Crippen molar-refractivity contribution < 1.29 is 4.74 Å². The monoisotopic (exact) mass is 265 g/mol. The van der Waals surface area contributed by atoms with Gasteiger partial charge in [0.2, 0.25) is 0 Å². The Morgan fingerprint density at radius 3 is 2.83 bits per heavy atom. The summed E-state index contributed by atoms with van der Waals surface area (Å²) in [6, 6.07) is 6.42. The van der Waals surface area contributed by atoms with Crippen molar-refractivity contribution in [2.75, 3.05) is 13.2 Å². The number of piperidine rings is 1. The maximum atomic E-state index is 6.13. The minimum atomic E-state index is 0.409. The third-order valence-electron chi connectivity index (χ3n) is 3.83. The lowest BCUT2D eigenvalue weighted by atomic mass is 9.97. The van der Waals surface area contributed by atoms with E-state index in [1.807, 2.05) is 12.1 Å².